The first-order valence-electron chi connectivity index (χ1n) is 19.2. The maximum Gasteiger partial charge on any atom is 0.337 e. The molecule has 0 spiro atoms. The summed E-state index contributed by atoms with van der Waals surface area (Å²) in [7, 11) is 0. The van der Waals surface area contributed by atoms with E-state index >= 15 is 0 Å². The van der Waals surface area contributed by atoms with Crippen LogP contribution in [0.3, 0.4) is 0 Å². The minimum absolute atomic E-state index is 0.0341. The molecule has 0 bridgehead atoms. The van der Waals surface area contributed by atoms with Crippen LogP contribution in [0.25, 0.3) is 0 Å². The molecule has 316 valence electrons. The molecular weight excluding hydrogens is 801 g/mol. The smallest absolute Gasteiger partial charge is 0.337 e. The zero-order valence-electron chi connectivity index (χ0n) is 33.1. The minimum atomic E-state index is -2.38. The van der Waals surface area contributed by atoms with Gasteiger partial charge in [-0.1, -0.05) is 59.7 Å². The Balaban J connectivity index is 1.41. The lowest BCUT2D eigenvalue weighted by Gasteiger charge is -2.31. The molecule has 0 aromatic heterocycles. The highest BCUT2D eigenvalue weighted by molar-refractivity contribution is 6.27. The number of ketones is 2. The van der Waals surface area contributed by atoms with E-state index in [0.29, 0.717) is 11.1 Å². The number of rotatable bonds is 6. The minimum Gasteiger partial charge on any atom is -0.508 e. The number of nitrogens with one attached hydrogen (secondary N) is 4. The van der Waals surface area contributed by atoms with E-state index in [1.165, 1.54) is 97.1 Å². The number of phenols is 2. The number of phenolic OH excluding ortho intramolecular Hbond substituents is 2. The molecule has 2 heterocycles. The molecule has 62 heavy (non-hydrogen) atoms. The standard InChI is InChI=1S/C46H40N4O12/c1-23-11-15-35(53)29-19-25(51)21-33-39(29)46(44(62)48-33,50-32-10-6-4-8-28(32)42(59)60)38(56)18-14-24(2)12-16-36(54)30-20-26(52)22-34-40(30)45(43(61)47-34,37(55)17-13-23)49-31-9-5-3-7-27(31)41(57)58/h3-14,17-22,35-36,49-54H,15-16H2,1-2H3,(H,47,61)(H,48,62)(H,57,58)(H,59,60)/t35-,36-,45-,46+/m0/s1. The molecule has 1 aliphatic carbocycles. The highest BCUT2D eigenvalue weighted by Crippen LogP contribution is 2.48. The molecule has 3 aliphatic rings. The molecule has 2 aliphatic heterocycles. The molecule has 4 atom stereocenters. The van der Waals surface area contributed by atoms with Gasteiger partial charge in [-0.05, 0) is 86.4 Å². The first-order chi connectivity index (χ1) is 29.5. The molecule has 2 amide bonds. The normalized spacial score (nSPS) is 22.4. The number of aromatic hydroxyl groups is 2. The molecule has 4 aromatic carbocycles. The molecule has 7 rings (SSSR count). The Morgan fingerprint density at radius 1 is 0.597 bits per heavy atom. The molecule has 0 saturated heterocycles. The second-order valence-corrected chi connectivity index (χ2v) is 15.1. The highest BCUT2D eigenvalue weighted by atomic mass is 16.4. The summed E-state index contributed by atoms with van der Waals surface area (Å²) in [6, 6.07) is 16.0. The Kier molecular flexibility index (Phi) is 11.1. The number of aromatic carboxylic acids is 2. The maximum atomic E-state index is 14.6. The summed E-state index contributed by atoms with van der Waals surface area (Å²) in [5, 5.41) is 76.0. The number of aliphatic hydroxyl groups is 2. The fourth-order valence-electron chi connectivity index (χ4n) is 7.96. The Hall–Kier alpha value is -7.82. The van der Waals surface area contributed by atoms with Crippen molar-refractivity contribution < 1.29 is 59.4 Å². The first kappa shape index (κ1) is 42.3. The number of para-hydroxylation sites is 2. The highest BCUT2D eigenvalue weighted by Gasteiger charge is 2.56. The number of carbonyl (C=O) groups excluding carboxylic acids is 4. The van der Waals surface area contributed by atoms with Crippen LogP contribution in [-0.4, -0.2) is 66.0 Å². The van der Waals surface area contributed by atoms with Crippen LogP contribution in [0.15, 0.2) is 120 Å². The lowest BCUT2D eigenvalue weighted by atomic mass is 9.80. The predicted molar refractivity (Wildman–Crippen MR) is 226 cm³/mol. The number of allylic oxidation sites excluding steroid dienone is 4. The van der Waals surface area contributed by atoms with Crippen molar-refractivity contribution in [3.8, 4) is 11.5 Å². The van der Waals surface area contributed by atoms with Crippen LogP contribution in [0.1, 0.15) is 81.9 Å². The molecule has 4 aromatic rings. The lowest BCUT2D eigenvalue weighted by Crippen LogP contribution is -2.49. The summed E-state index contributed by atoms with van der Waals surface area (Å²) in [4.78, 5) is 82.2. The summed E-state index contributed by atoms with van der Waals surface area (Å²) >= 11 is 0. The predicted octanol–water partition coefficient (Wildman–Crippen LogP) is 5.72. The quantitative estimate of drug-likeness (QED) is 0.104. The van der Waals surface area contributed by atoms with E-state index in [9.17, 15) is 59.4 Å². The number of anilines is 4. The van der Waals surface area contributed by atoms with E-state index in [1.54, 1.807) is 13.8 Å². The average molecular weight is 841 g/mol. The number of aliphatic hydroxyl groups excluding tert-OH is 2. The van der Waals surface area contributed by atoms with Gasteiger partial charge in [-0.25, -0.2) is 9.59 Å². The van der Waals surface area contributed by atoms with Gasteiger partial charge in [0, 0.05) is 23.3 Å². The molecule has 0 radical (unpaired) electrons. The van der Waals surface area contributed by atoms with Gasteiger partial charge < -0.3 is 51.9 Å². The van der Waals surface area contributed by atoms with Gasteiger partial charge in [0.05, 0.1) is 46.1 Å². The van der Waals surface area contributed by atoms with Crippen molar-refractivity contribution in [1.29, 1.82) is 0 Å². The lowest BCUT2D eigenvalue weighted by molar-refractivity contribution is -0.130. The van der Waals surface area contributed by atoms with Crippen LogP contribution in [0.5, 0.6) is 11.5 Å². The molecule has 16 nitrogen and oxygen atoms in total. The zero-order chi connectivity index (χ0) is 44.7. The van der Waals surface area contributed by atoms with E-state index in [2.05, 4.69) is 21.3 Å². The number of carboxylic acid groups (broad SMARTS) is 2. The van der Waals surface area contributed by atoms with Crippen molar-refractivity contribution in [2.24, 2.45) is 0 Å². The van der Waals surface area contributed by atoms with Gasteiger partial charge in [-0.15, -0.1) is 0 Å². The maximum absolute atomic E-state index is 14.6. The monoisotopic (exact) mass is 840 g/mol. The van der Waals surface area contributed by atoms with Crippen LogP contribution in [0.2, 0.25) is 0 Å². The Morgan fingerprint density at radius 2 is 0.968 bits per heavy atom. The molecular formula is C46H40N4O12. The van der Waals surface area contributed by atoms with Gasteiger partial charge in [-0.2, -0.15) is 0 Å². The molecule has 0 fully saturated rings. The van der Waals surface area contributed by atoms with Crippen molar-refractivity contribution in [1.82, 2.24) is 0 Å². The number of carboxylic acids is 2. The number of benzene rings is 4. The largest absolute Gasteiger partial charge is 0.508 e. The molecule has 0 saturated carbocycles. The first-order valence-corrected chi connectivity index (χ1v) is 19.2. The summed E-state index contributed by atoms with van der Waals surface area (Å²) in [5.41, 5.74) is -5.14. The molecule has 16 heteroatoms. The van der Waals surface area contributed by atoms with Gasteiger partial charge >= 0.3 is 11.9 Å². The fourth-order valence-corrected chi connectivity index (χ4v) is 7.96. The van der Waals surface area contributed by atoms with Crippen molar-refractivity contribution in [3.63, 3.8) is 0 Å². The number of amides is 2. The summed E-state index contributed by atoms with van der Waals surface area (Å²) in [6.07, 6.45) is 4.35. The third kappa shape index (κ3) is 7.37. The van der Waals surface area contributed by atoms with Crippen LogP contribution >= 0.6 is 0 Å². The average Bonchev–Trinajstić information content (AvgIpc) is 3.67. The van der Waals surface area contributed by atoms with Crippen molar-refractivity contribution in [2.45, 2.75) is 50.0 Å². The van der Waals surface area contributed by atoms with E-state index in [1.807, 2.05) is 0 Å². The van der Waals surface area contributed by atoms with E-state index < -0.39 is 58.6 Å². The fraction of sp³-hybridized carbons (Fsp3) is 0.174. The summed E-state index contributed by atoms with van der Waals surface area (Å²) in [6.45, 7) is 3.15. The van der Waals surface area contributed by atoms with Crippen molar-refractivity contribution in [2.75, 3.05) is 21.3 Å². The Bertz CT molecular complexity index is 2550. The third-order valence-electron chi connectivity index (χ3n) is 11.0. The Labute approximate surface area is 353 Å². The van der Waals surface area contributed by atoms with Crippen molar-refractivity contribution in [3.05, 3.63) is 154 Å². The van der Waals surface area contributed by atoms with Gasteiger partial charge in [0.1, 0.15) is 11.5 Å². The second-order valence-electron chi connectivity index (χ2n) is 15.1. The third-order valence-corrected chi connectivity index (χ3v) is 11.0. The van der Waals surface area contributed by atoms with Crippen LogP contribution in [-0.2, 0) is 30.3 Å². The summed E-state index contributed by atoms with van der Waals surface area (Å²) < 4.78 is 0. The topological polar surface area (TPSA) is 272 Å². The van der Waals surface area contributed by atoms with E-state index in [0.717, 1.165) is 12.2 Å². The van der Waals surface area contributed by atoms with Gasteiger partial charge in [-0.3, -0.25) is 19.2 Å². The van der Waals surface area contributed by atoms with E-state index in [-0.39, 0.29) is 80.5 Å². The van der Waals surface area contributed by atoms with Gasteiger partial charge in [0.25, 0.3) is 11.8 Å². The van der Waals surface area contributed by atoms with E-state index in [4.69, 9.17) is 0 Å². The van der Waals surface area contributed by atoms with Crippen molar-refractivity contribution >= 4 is 58.1 Å². The second kappa shape index (κ2) is 16.3. The number of hydrogen-bond donors (Lipinski definition) is 10. The Morgan fingerprint density at radius 3 is 1.34 bits per heavy atom. The van der Waals surface area contributed by atoms with Crippen LogP contribution in [0.4, 0.5) is 22.7 Å². The SMILES string of the molecule is CC1=CC[C@H](O)c2cc(O)cc3c2[C@@](Nc2ccccc2C(=O)O)(C(=O)C=CC(C)=CC[C@H](O)c2cc(O)cc4c2[C@](Nc2ccccc2C(=O)O)(C(=O)C=C1)C(=O)N4)C(=O)N3. The molecule has 0 unspecified atom stereocenters. The van der Waals surface area contributed by atoms with Crippen LogP contribution in [0, 0.1) is 0 Å². The van der Waals surface area contributed by atoms with Gasteiger partial charge in [0.2, 0.25) is 11.1 Å². The summed E-state index contributed by atoms with van der Waals surface area (Å²) in [5.74, 6) is -7.10. The van der Waals surface area contributed by atoms with Gasteiger partial charge in [0.15, 0.2) is 11.6 Å². The van der Waals surface area contributed by atoms with Crippen LogP contribution < -0.4 is 21.3 Å². The number of hydrogen-bond acceptors (Lipinski definition) is 12. The molecule has 10 N–H and O–H groups in total. The number of carbonyl (C=O) groups is 6. The zero-order valence-corrected chi connectivity index (χ0v) is 33.1.